The Bertz CT molecular complexity index is 853. The highest BCUT2D eigenvalue weighted by molar-refractivity contribution is 5.90. The van der Waals surface area contributed by atoms with E-state index in [1.165, 1.54) is 11.1 Å². The van der Waals surface area contributed by atoms with Crippen molar-refractivity contribution in [2.75, 3.05) is 11.9 Å². The van der Waals surface area contributed by atoms with Gasteiger partial charge in [0.15, 0.2) is 0 Å². The highest BCUT2D eigenvalue weighted by atomic mass is 16.2. The predicted octanol–water partition coefficient (Wildman–Crippen LogP) is 2.75. The number of rotatable bonds is 1. The van der Waals surface area contributed by atoms with Crippen LogP contribution < -0.4 is 10.6 Å². The number of hydrogen-bond donors (Lipinski definition) is 2. The Balaban J connectivity index is 1.49. The number of nitriles is 1. The lowest BCUT2D eigenvalue weighted by atomic mass is 10.0. The van der Waals surface area contributed by atoms with E-state index in [-0.39, 0.29) is 6.03 Å². The number of anilines is 1. The van der Waals surface area contributed by atoms with Gasteiger partial charge in [-0.05, 0) is 53.4 Å². The summed E-state index contributed by atoms with van der Waals surface area (Å²) in [5, 5.41) is 15.5. The van der Waals surface area contributed by atoms with Crippen molar-refractivity contribution in [3.63, 3.8) is 0 Å². The third kappa shape index (κ3) is 2.61. The average molecular weight is 318 g/mol. The lowest BCUT2D eigenvalue weighted by Gasteiger charge is -2.20. The molecule has 0 aromatic heterocycles. The van der Waals surface area contributed by atoms with Crippen LogP contribution in [0.15, 0.2) is 36.4 Å². The molecule has 5 nitrogen and oxygen atoms in total. The second-order valence-corrected chi connectivity index (χ2v) is 6.25. The maximum absolute atomic E-state index is 12.6. The van der Waals surface area contributed by atoms with Gasteiger partial charge in [-0.15, -0.1) is 0 Å². The van der Waals surface area contributed by atoms with E-state index in [9.17, 15) is 10.1 Å². The zero-order valence-corrected chi connectivity index (χ0v) is 13.3. The molecule has 5 heteroatoms. The second-order valence-electron chi connectivity index (χ2n) is 6.25. The van der Waals surface area contributed by atoms with E-state index in [1.807, 2.05) is 24.3 Å². The summed E-state index contributed by atoms with van der Waals surface area (Å²) in [6, 6.07) is 13.8. The second kappa shape index (κ2) is 5.99. The largest absolute Gasteiger partial charge is 0.322 e. The van der Waals surface area contributed by atoms with Gasteiger partial charge in [0, 0.05) is 25.3 Å². The highest BCUT2D eigenvalue weighted by Crippen LogP contribution is 2.26. The Hall–Kier alpha value is -2.84. The third-order valence-corrected chi connectivity index (χ3v) is 4.73. The van der Waals surface area contributed by atoms with Crippen molar-refractivity contribution in [1.82, 2.24) is 10.2 Å². The van der Waals surface area contributed by atoms with E-state index >= 15 is 0 Å². The summed E-state index contributed by atoms with van der Waals surface area (Å²) in [5.41, 5.74) is 6.08. The van der Waals surface area contributed by atoms with Crippen molar-refractivity contribution >= 4 is 11.7 Å². The number of nitrogens with one attached hydrogen (secondary N) is 2. The number of fused-ring (bicyclic) bond motifs is 2. The van der Waals surface area contributed by atoms with Crippen LogP contribution in [0.3, 0.4) is 0 Å². The van der Waals surface area contributed by atoms with Gasteiger partial charge in [-0.25, -0.2) is 4.79 Å². The van der Waals surface area contributed by atoms with Gasteiger partial charge in [-0.2, -0.15) is 5.26 Å². The first kappa shape index (κ1) is 14.7. The van der Waals surface area contributed by atoms with Crippen LogP contribution >= 0.6 is 0 Å². The molecule has 0 atom stereocenters. The van der Waals surface area contributed by atoms with E-state index in [1.54, 1.807) is 11.0 Å². The first-order valence-electron chi connectivity index (χ1n) is 8.14. The molecule has 0 saturated heterocycles. The molecule has 0 spiro atoms. The Morgan fingerprint density at radius 2 is 2.08 bits per heavy atom. The van der Waals surface area contributed by atoms with E-state index in [0.717, 1.165) is 36.3 Å². The molecule has 2 aromatic carbocycles. The number of benzene rings is 2. The zero-order valence-electron chi connectivity index (χ0n) is 13.3. The standard InChI is InChI=1S/C19H18N4O/c20-9-14-2-1-3-15-11-23(12-18(14)15)19(24)22-17-5-4-13-6-7-21-10-16(13)8-17/h1-5,8,21H,6-7,10-12H2,(H,22,24). The van der Waals surface area contributed by atoms with E-state index in [0.29, 0.717) is 18.7 Å². The lowest BCUT2D eigenvalue weighted by Crippen LogP contribution is -2.30. The molecule has 0 saturated carbocycles. The fourth-order valence-electron chi connectivity index (χ4n) is 3.43. The average Bonchev–Trinajstić information content (AvgIpc) is 3.06. The predicted molar refractivity (Wildman–Crippen MR) is 91.3 cm³/mol. The molecule has 0 unspecified atom stereocenters. The quantitative estimate of drug-likeness (QED) is 0.849. The normalized spacial score (nSPS) is 15.4. The Kier molecular flexibility index (Phi) is 3.68. The minimum absolute atomic E-state index is 0.126. The van der Waals surface area contributed by atoms with Gasteiger partial charge in [0.2, 0.25) is 0 Å². The van der Waals surface area contributed by atoms with Gasteiger partial charge < -0.3 is 15.5 Å². The number of urea groups is 1. The molecule has 120 valence electrons. The minimum Gasteiger partial charge on any atom is -0.316 e. The molecular formula is C19H18N4O. The topological polar surface area (TPSA) is 68.2 Å². The van der Waals surface area contributed by atoms with Crippen LogP contribution in [0.4, 0.5) is 10.5 Å². The molecule has 2 N–H and O–H groups in total. The summed E-state index contributed by atoms with van der Waals surface area (Å²) < 4.78 is 0. The van der Waals surface area contributed by atoms with Crippen molar-refractivity contribution in [2.24, 2.45) is 0 Å². The molecule has 0 aliphatic carbocycles. The molecule has 0 radical (unpaired) electrons. The van der Waals surface area contributed by atoms with Crippen LogP contribution in [0.2, 0.25) is 0 Å². The first-order chi connectivity index (χ1) is 11.7. The first-order valence-corrected chi connectivity index (χ1v) is 8.14. The fraction of sp³-hybridized carbons (Fsp3) is 0.263. The molecule has 2 amide bonds. The van der Waals surface area contributed by atoms with Gasteiger partial charge >= 0.3 is 6.03 Å². The molecule has 0 bridgehead atoms. The lowest BCUT2D eigenvalue weighted by molar-refractivity contribution is 0.212. The Morgan fingerprint density at radius 1 is 1.17 bits per heavy atom. The van der Waals surface area contributed by atoms with Gasteiger partial charge in [-0.1, -0.05) is 18.2 Å². The minimum atomic E-state index is -0.126. The van der Waals surface area contributed by atoms with Gasteiger partial charge in [0.1, 0.15) is 0 Å². The smallest absolute Gasteiger partial charge is 0.316 e. The van der Waals surface area contributed by atoms with Crippen LogP contribution in [-0.2, 0) is 26.1 Å². The van der Waals surface area contributed by atoms with E-state index in [2.05, 4.69) is 22.8 Å². The molecule has 24 heavy (non-hydrogen) atoms. The molecule has 0 fully saturated rings. The molecule has 2 aliphatic heterocycles. The molecule has 2 aliphatic rings. The SMILES string of the molecule is N#Cc1cccc2c1CN(C(=O)Nc1ccc3c(c1)CNCC3)C2. The maximum Gasteiger partial charge on any atom is 0.322 e. The molecule has 2 aromatic rings. The van der Waals surface area contributed by atoms with Crippen molar-refractivity contribution in [3.8, 4) is 6.07 Å². The van der Waals surface area contributed by atoms with Gasteiger partial charge in [0.25, 0.3) is 0 Å². The third-order valence-electron chi connectivity index (χ3n) is 4.73. The number of nitrogens with zero attached hydrogens (tertiary/aromatic N) is 2. The Morgan fingerprint density at radius 3 is 2.96 bits per heavy atom. The number of carbonyl (C=O) groups excluding carboxylic acids is 1. The summed E-state index contributed by atoms with van der Waals surface area (Å²) in [4.78, 5) is 14.3. The number of carbonyl (C=O) groups is 1. The van der Waals surface area contributed by atoms with Gasteiger partial charge in [-0.3, -0.25) is 0 Å². The van der Waals surface area contributed by atoms with Crippen LogP contribution in [0.1, 0.15) is 27.8 Å². The summed E-state index contributed by atoms with van der Waals surface area (Å²) in [5.74, 6) is 0. The highest BCUT2D eigenvalue weighted by Gasteiger charge is 2.25. The van der Waals surface area contributed by atoms with Crippen molar-refractivity contribution in [3.05, 3.63) is 64.2 Å². The number of amides is 2. The van der Waals surface area contributed by atoms with Crippen molar-refractivity contribution in [1.29, 1.82) is 5.26 Å². The molecule has 4 rings (SSSR count). The van der Waals surface area contributed by atoms with Crippen LogP contribution in [0.25, 0.3) is 0 Å². The van der Waals surface area contributed by atoms with E-state index in [4.69, 9.17) is 0 Å². The fourth-order valence-corrected chi connectivity index (χ4v) is 3.43. The van der Waals surface area contributed by atoms with Crippen molar-refractivity contribution in [2.45, 2.75) is 26.1 Å². The molecule has 2 heterocycles. The van der Waals surface area contributed by atoms with Crippen LogP contribution in [-0.4, -0.2) is 17.5 Å². The maximum atomic E-state index is 12.6. The summed E-state index contributed by atoms with van der Waals surface area (Å²) >= 11 is 0. The van der Waals surface area contributed by atoms with Crippen LogP contribution in [0.5, 0.6) is 0 Å². The summed E-state index contributed by atoms with van der Waals surface area (Å²) in [6.45, 7) is 2.88. The van der Waals surface area contributed by atoms with Crippen molar-refractivity contribution < 1.29 is 4.79 Å². The van der Waals surface area contributed by atoms with Gasteiger partial charge in [0.05, 0.1) is 11.6 Å². The monoisotopic (exact) mass is 318 g/mol. The van der Waals surface area contributed by atoms with Crippen LogP contribution in [0, 0.1) is 11.3 Å². The zero-order chi connectivity index (χ0) is 16.5. The van der Waals surface area contributed by atoms with E-state index < -0.39 is 0 Å². The summed E-state index contributed by atoms with van der Waals surface area (Å²) in [6.07, 6.45) is 1.03. The summed E-state index contributed by atoms with van der Waals surface area (Å²) in [7, 11) is 0. The number of hydrogen-bond acceptors (Lipinski definition) is 3. The molecular weight excluding hydrogens is 300 g/mol. The Labute approximate surface area is 140 Å².